The van der Waals surface area contributed by atoms with Crippen LogP contribution in [0.4, 0.5) is 0 Å². The van der Waals surface area contributed by atoms with Crippen molar-refractivity contribution in [3.05, 3.63) is 47.2 Å². The Morgan fingerprint density at radius 1 is 1.50 bits per heavy atom. The second-order valence-electron chi connectivity index (χ2n) is 5.16. The third kappa shape index (κ3) is 1.70. The lowest BCUT2D eigenvalue weighted by Gasteiger charge is -2.23. The first-order valence-electron chi connectivity index (χ1n) is 6.60. The van der Waals surface area contributed by atoms with E-state index in [4.69, 9.17) is 4.42 Å². The van der Waals surface area contributed by atoms with Gasteiger partial charge in [-0.3, -0.25) is 0 Å². The number of aliphatic hydroxyl groups excluding tert-OH is 1. The predicted octanol–water partition coefficient (Wildman–Crippen LogP) is 3.37. The Bertz CT molecular complexity index is 539. The van der Waals surface area contributed by atoms with E-state index in [2.05, 4.69) is 24.5 Å². The first kappa shape index (κ1) is 11.6. The summed E-state index contributed by atoms with van der Waals surface area (Å²) in [5, 5.41) is 10.1. The van der Waals surface area contributed by atoms with Crippen LogP contribution in [0.5, 0.6) is 0 Å². The zero-order chi connectivity index (χ0) is 12.7. The molecule has 3 nitrogen and oxygen atoms in total. The van der Waals surface area contributed by atoms with Crippen molar-refractivity contribution in [2.24, 2.45) is 0 Å². The van der Waals surface area contributed by atoms with Crippen molar-refractivity contribution in [2.75, 3.05) is 0 Å². The third-order valence-electron chi connectivity index (χ3n) is 3.96. The van der Waals surface area contributed by atoms with Crippen LogP contribution >= 0.6 is 0 Å². The van der Waals surface area contributed by atoms with Crippen molar-refractivity contribution < 1.29 is 9.52 Å². The molecule has 0 amide bonds. The van der Waals surface area contributed by atoms with Gasteiger partial charge in [-0.25, -0.2) is 0 Å². The van der Waals surface area contributed by atoms with Crippen molar-refractivity contribution in [3.63, 3.8) is 0 Å². The van der Waals surface area contributed by atoms with E-state index in [1.54, 1.807) is 6.26 Å². The summed E-state index contributed by atoms with van der Waals surface area (Å²) in [5.41, 5.74) is 3.58. The quantitative estimate of drug-likeness (QED) is 0.881. The topological polar surface area (TPSA) is 38.3 Å². The van der Waals surface area contributed by atoms with Crippen LogP contribution in [-0.4, -0.2) is 9.67 Å². The van der Waals surface area contributed by atoms with E-state index in [0.29, 0.717) is 0 Å². The number of rotatable bonds is 2. The van der Waals surface area contributed by atoms with Crippen LogP contribution in [0.15, 0.2) is 28.9 Å². The van der Waals surface area contributed by atoms with Gasteiger partial charge in [0.15, 0.2) is 0 Å². The van der Waals surface area contributed by atoms with Gasteiger partial charge in [0.1, 0.15) is 5.76 Å². The predicted molar refractivity (Wildman–Crippen MR) is 69.6 cm³/mol. The molecule has 0 aliphatic heterocycles. The maximum atomic E-state index is 10.1. The zero-order valence-electron chi connectivity index (χ0n) is 10.9. The fourth-order valence-electron chi connectivity index (χ4n) is 3.10. The molecule has 0 spiro atoms. The Hall–Kier alpha value is -1.48. The molecule has 0 fully saturated rings. The highest BCUT2D eigenvalue weighted by molar-refractivity contribution is 5.33. The Morgan fingerprint density at radius 3 is 3.06 bits per heavy atom. The van der Waals surface area contributed by atoms with E-state index in [1.807, 2.05) is 12.1 Å². The minimum Gasteiger partial charge on any atom is -0.467 e. The molecule has 3 rings (SSSR count). The molecule has 96 valence electrons. The van der Waals surface area contributed by atoms with Crippen LogP contribution in [0, 0.1) is 6.92 Å². The Balaban J connectivity index is 2.07. The largest absolute Gasteiger partial charge is 0.467 e. The van der Waals surface area contributed by atoms with Gasteiger partial charge >= 0.3 is 0 Å². The molecule has 0 saturated carbocycles. The summed E-state index contributed by atoms with van der Waals surface area (Å²) in [7, 11) is 0. The van der Waals surface area contributed by atoms with Crippen LogP contribution in [0.2, 0.25) is 0 Å². The van der Waals surface area contributed by atoms with Gasteiger partial charge < -0.3 is 14.1 Å². The van der Waals surface area contributed by atoms with E-state index in [1.165, 1.54) is 11.4 Å². The molecule has 0 aromatic carbocycles. The van der Waals surface area contributed by atoms with E-state index >= 15 is 0 Å². The minimum absolute atomic E-state index is 0.189. The average molecular weight is 245 g/mol. The Labute approximate surface area is 107 Å². The lowest BCUT2D eigenvalue weighted by molar-refractivity contribution is 0.155. The first-order chi connectivity index (χ1) is 8.68. The van der Waals surface area contributed by atoms with Gasteiger partial charge in [0.25, 0.3) is 0 Å². The van der Waals surface area contributed by atoms with E-state index in [9.17, 15) is 5.11 Å². The van der Waals surface area contributed by atoms with Crippen molar-refractivity contribution in [1.29, 1.82) is 0 Å². The number of nitrogens with zero attached hydrogens (tertiary/aromatic N) is 1. The normalized spacial score (nSPS) is 20.7. The van der Waals surface area contributed by atoms with Gasteiger partial charge in [-0.15, -0.1) is 0 Å². The smallest absolute Gasteiger partial charge is 0.126 e. The molecule has 2 unspecified atom stereocenters. The highest BCUT2D eigenvalue weighted by Gasteiger charge is 2.26. The monoisotopic (exact) mass is 245 g/mol. The van der Waals surface area contributed by atoms with Gasteiger partial charge in [-0.05, 0) is 51.3 Å². The molecule has 2 atom stereocenters. The summed E-state index contributed by atoms with van der Waals surface area (Å²) >= 11 is 0. The lowest BCUT2D eigenvalue weighted by atomic mass is 9.95. The van der Waals surface area contributed by atoms with Gasteiger partial charge in [0.05, 0.1) is 18.4 Å². The number of aliphatic hydroxyl groups is 1. The molecular formula is C15H19NO2. The van der Waals surface area contributed by atoms with Gasteiger partial charge in [-0.1, -0.05) is 0 Å². The molecule has 1 aliphatic rings. The summed E-state index contributed by atoms with van der Waals surface area (Å²) in [5.74, 6) is 0.969. The van der Waals surface area contributed by atoms with Gasteiger partial charge in [0.2, 0.25) is 0 Å². The number of aromatic nitrogens is 1. The number of hydrogen-bond acceptors (Lipinski definition) is 2. The average Bonchev–Trinajstić information content (AvgIpc) is 2.96. The summed E-state index contributed by atoms with van der Waals surface area (Å²) < 4.78 is 7.81. The van der Waals surface area contributed by atoms with Crippen molar-refractivity contribution in [1.82, 2.24) is 4.57 Å². The molecule has 2 aromatic rings. The highest BCUT2D eigenvalue weighted by Crippen LogP contribution is 2.35. The summed E-state index contributed by atoms with van der Waals surface area (Å²) in [6.45, 7) is 4.25. The van der Waals surface area contributed by atoms with Crippen LogP contribution in [0.25, 0.3) is 0 Å². The fraction of sp³-hybridized carbons (Fsp3) is 0.467. The Kier molecular flexibility index (Phi) is 2.78. The molecule has 1 N–H and O–H groups in total. The third-order valence-corrected chi connectivity index (χ3v) is 3.96. The number of fused-ring (bicyclic) bond motifs is 1. The summed E-state index contributed by atoms with van der Waals surface area (Å²) in [6.07, 6.45) is 4.41. The number of hydrogen-bond donors (Lipinski definition) is 1. The van der Waals surface area contributed by atoms with Crippen LogP contribution < -0.4 is 0 Å². The fourth-order valence-corrected chi connectivity index (χ4v) is 3.10. The summed E-state index contributed by atoms with van der Waals surface area (Å²) in [6, 6.07) is 6.24. The Morgan fingerprint density at radius 2 is 2.33 bits per heavy atom. The maximum Gasteiger partial charge on any atom is 0.126 e. The molecule has 0 saturated heterocycles. The highest BCUT2D eigenvalue weighted by atomic mass is 16.3. The molecule has 1 aliphatic carbocycles. The standard InChI is InChI=1S/C15H19NO2/c1-10-9-12-13(5-3-6-14(12)17)16(10)11(2)15-7-4-8-18-15/h4,7-9,11,14,17H,3,5-6H2,1-2H3. The van der Waals surface area contributed by atoms with Crippen LogP contribution in [0.1, 0.15) is 54.6 Å². The van der Waals surface area contributed by atoms with E-state index < -0.39 is 0 Å². The maximum absolute atomic E-state index is 10.1. The van der Waals surface area contributed by atoms with Crippen molar-refractivity contribution in [2.45, 2.75) is 45.3 Å². The molecule has 18 heavy (non-hydrogen) atoms. The molecule has 3 heteroatoms. The second kappa shape index (κ2) is 4.32. The van der Waals surface area contributed by atoms with Gasteiger partial charge in [0, 0.05) is 17.0 Å². The molecule has 2 heterocycles. The number of furan rings is 1. The zero-order valence-corrected chi connectivity index (χ0v) is 10.9. The van der Waals surface area contributed by atoms with Crippen LogP contribution in [0.3, 0.4) is 0 Å². The van der Waals surface area contributed by atoms with Crippen molar-refractivity contribution in [3.8, 4) is 0 Å². The molecule has 0 radical (unpaired) electrons. The van der Waals surface area contributed by atoms with Crippen molar-refractivity contribution >= 4 is 0 Å². The van der Waals surface area contributed by atoms with E-state index in [0.717, 1.165) is 30.6 Å². The molecular weight excluding hydrogens is 226 g/mol. The van der Waals surface area contributed by atoms with Gasteiger partial charge in [-0.2, -0.15) is 0 Å². The minimum atomic E-state index is -0.294. The summed E-state index contributed by atoms with van der Waals surface area (Å²) in [4.78, 5) is 0. The molecule has 0 bridgehead atoms. The molecule has 2 aromatic heterocycles. The first-order valence-corrected chi connectivity index (χ1v) is 6.60. The lowest BCUT2D eigenvalue weighted by Crippen LogP contribution is -2.15. The SMILES string of the molecule is Cc1cc2c(n1C(C)c1ccco1)CCCC2O. The van der Waals surface area contributed by atoms with Crippen LogP contribution in [-0.2, 0) is 6.42 Å². The number of aryl methyl sites for hydroxylation is 1. The van der Waals surface area contributed by atoms with E-state index in [-0.39, 0.29) is 12.1 Å². The second-order valence-corrected chi connectivity index (χ2v) is 5.16.